The Bertz CT molecular complexity index is 479. The highest BCUT2D eigenvalue weighted by Gasteiger charge is 2.28. The van der Waals surface area contributed by atoms with Crippen molar-refractivity contribution >= 4 is 21.8 Å². The summed E-state index contributed by atoms with van der Waals surface area (Å²) in [6.07, 6.45) is 3.39. The van der Waals surface area contributed by atoms with Crippen molar-refractivity contribution in [3.05, 3.63) is 28.2 Å². The van der Waals surface area contributed by atoms with Crippen LogP contribution in [0.2, 0.25) is 0 Å². The zero-order chi connectivity index (χ0) is 14.7. The van der Waals surface area contributed by atoms with Crippen LogP contribution < -0.4 is 4.74 Å². The van der Waals surface area contributed by atoms with Gasteiger partial charge in [-0.05, 0) is 63.8 Å². The molecule has 0 bridgehead atoms. The van der Waals surface area contributed by atoms with Crippen LogP contribution in [-0.4, -0.2) is 29.5 Å². The predicted molar refractivity (Wildman–Crippen MR) is 84.0 cm³/mol. The van der Waals surface area contributed by atoms with Gasteiger partial charge in [-0.25, -0.2) is 0 Å². The van der Waals surface area contributed by atoms with Crippen LogP contribution in [0.25, 0.3) is 0 Å². The first kappa shape index (κ1) is 15.4. The number of carbonyl (C=O) groups excluding carboxylic acids is 1. The number of hydrogen-bond donors (Lipinski definition) is 0. The molecule has 3 nitrogen and oxygen atoms in total. The molecule has 1 aliphatic heterocycles. The number of benzene rings is 1. The molecule has 0 unspecified atom stereocenters. The molecule has 0 spiro atoms. The maximum absolute atomic E-state index is 12.4. The summed E-state index contributed by atoms with van der Waals surface area (Å²) in [5, 5.41) is 0. The zero-order valence-electron chi connectivity index (χ0n) is 12.4. The van der Waals surface area contributed by atoms with Crippen molar-refractivity contribution in [2.24, 2.45) is 0 Å². The third-order valence-corrected chi connectivity index (χ3v) is 4.46. The molecular weight excluding hydrogens is 318 g/mol. The molecule has 1 aliphatic rings. The minimum atomic E-state index is 0.0898. The van der Waals surface area contributed by atoms with E-state index < -0.39 is 0 Å². The molecule has 1 aromatic rings. The van der Waals surface area contributed by atoms with E-state index >= 15 is 0 Å². The highest BCUT2D eigenvalue weighted by Crippen LogP contribution is 2.24. The van der Waals surface area contributed by atoms with E-state index in [9.17, 15) is 4.79 Å². The van der Waals surface area contributed by atoms with Gasteiger partial charge in [-0.3, -0.25) is 4.79 Å². The van der Waals surface area contributed by atoms with Gasteiger partial charge in [0.25, 0.3) is 5.91 Å². The van der Waals surface area contributed by atoms with E-state index in [0.717, 1.165) is 28.6 Å². The lowest BCUT2D eigenvalue weighted by Gasteiger charge is -2.39. The van der Waals surface area contributed by atoms with Gasteiger partial charge in [-0.1, -0.05) is 15.9 Å². The largest absolute Gasteiger partial charge is 0.483 e. The second-order valence-corrected chi connectivity index (χ2v) is 6.54. The van der Waals surface area contributed by atoms with E-state index in [2.05, 4.69) is 29.8 Å². The topological polar surface area (TPSA) is 29.5 Å². The van der Waals surface area contributed by atoms with Gasteiger partial charge in [0.05, 0.1) is 0 Å². The molecular formula is C16H22BrNO2. The summed E-state index contributed by atoms with van der Waals surface area (Å²) in [7, 11) is 0. The molecule has 0 saturated carbocycles. The molecule has 4 heteroatoms. The number of piperidine rings is 1. The molecule has 20 heavy (non-hydrogen) atoms. The average Bonchev–Trinajstić information content (AvgIpc) is 2.37. The summed E-state index contributed by atoms with van der Waals surface area (Å²) in [5.74, 6) is 0.867. The van der Waals surface area contributed by atoms with Gasteiger partial charge in [-0.2, -0.15) is 0 Å². The molecule has 0 aliphatic carbocycles. The van der Waals surface area contributed by atoms with Crippen molar-refractivity contribution in [3.8, 4) is 5.75 Å². The first-order chi connectivity index (χ1) is 9.49. The Balaban J connectivity index is 1.97. The lowest BCUT2D eigenvalue weighted by Crippen LogP contribution is -2.49. The summed E-state index contributed by atoms with van der Waals surface area (Å²) in [5.41, 5.74) is 1.03. The van der Waals surface area contributed by atoms with E-state index in [1.54, 1.807) is 0 Å². The number of ether oxygens (including phenoxy) is 1. The standard InChI is InChI=1S/C16H22BrNO2/c1-11-9-14(17)7-8-15(11)20-10-16(19)18-12(2)5-4-6-13(18)3/h7-9,12-13H,4-6,10H2,1-3H3/t12-,13-/m0/s1. The number of halogens is 1. The highest BCUT2D eigenvalue weighted by atomic mass is 79.9. The van der Waals surface area contributed by atoms with E-state index in [0.29, 0.717) is 12.1 Å². The molecule has 1 fully saturated rings. The molecule has 110 valence electrons. The van der Waals surface area contributed by atoms with Crippen molar-refractivity contribution in [1.29, 1.82) is 0 Å². The highest BCUT2D eigenvalue weighted by molar-refractivity contribution is 9.10. The van der Waals surface area contributed by atoms with E-state index in [1.165, 1.54) is 6.42 Å². The number of carbonyl (C=O) groups is 1. The Morgan fingerprint density at radius 3 is 2.60 bits per heavy atom. The minimum absolute atomic E-state index is 0.0898. The number of amides is 1. The van der Waals surface area contributed by atoms with E-state index in [1.807, 2.05) is 30.0 Å². The van der Waals surface area contributed by atoms with Crippen molar-refractivity contribution in [2.75, 3.05) is 6.61 Å². The Labute approximate surface area is 129 Å². The number of hydrogen-bond acceptors (Lipinski definition) is 2. The smallest absolute Gasteiger partial charge is 0.260 e. The fraction of sp³-hybridized carbons (Fsp3) is 0.562. The average molecular weight is 340 g/mol. The van der Waals surface area contributed by atoms with Crippen LogP contribution in [0.5, 0.6) is 5.75 Å². The van der Waals surface area contributed by atoms with Gasteiger partial charge in [0.15, 0.2) is 6.61 Å². The Hall–Kier alpha value is -1.03. The van der Waals surface area contributed by atoms with E-state index in [-0.39, 0.29) is 12.5 Å². The summed E-state index contributed by atoms with van der Waals surface area (Å²) in [6, 6.07) is 6.46. The van der Waals surface area contributed by atoms with Gasteiger partial charge < -0.3 is 9.64 Å². The number of likely N-dealkylation sites (tertiary alicyclic amines) is 1. The molecule has 0 N–H and O–H groups in total. The lowest BCUT2D eigenvalue weighted by atomic mass is 9.97. The minimum Gasteiger partial charge on any atom is -0.483 e. The van der Waals surface area contributed by atoms with Crippen molar-refractivity contribution in [1.82, 2.24) is 4.90 Å². The predicted octanol–water partition coefficient (Wildman–Crippen LogP) is 3.93. The maximum Gasteiger partial charge on any atom is 0.260 e. The van der Waals surface area contributed by atoms with Crippen molar-refractivity contribution in [3.63, 3.8) is 0 Å². The molecule has 1 saturated heterocycles. The fourth-order valence-electron chi connectivity index (χ4n) is 2.90. The molecule has 1 aromatic carbocycles. The Morgan fingerprint density at radius 2 is 2.00 bits per heavy atom. The summed E-state index contributed by atoms with van der Waals surface area (Å²) in [4.78, 5) is 14.3. The van der Waals surface area contributed by atoms with Crippen LogP contribution in [0.15, 0.2) is 22.7 Å². The van der Waals surface area contributed by atoms with Crippen LogP contribution in [0, 0.1) is 6.92 Å². The first-order valence-corrected chi connectivity index (χ1v) is 7.98. The Morgan fingerprint density at radius 1 is 1.35 bits per heavy atom. The number of aryl methyl sites for hydroxylation is 1. The third kappa shape index (κ3) is 3.54. The van der Waals surface area contributed by atoms with Crippen molar-refractivity contribution in [2.45, 2.75) is 52.1 Å². The fourth-order valence-corrected chi connectivity index (χ4v) is 3.38. The summed E-state index contributed by atoms with van der Waals surface area (Å²) >= 11 is 3.42. The van der Waals surface area contributed by atoms with Gasteiger partial charge in [0.1, 0.15) is 5.75 Å². The molecule has 2 atom stereocenters. The van der Waals surface area contributed by atoms with Crippen LogP contribution in [0.4, 0.5) is 0 Å². The first-order valence-electron chi connectivity index (χ1n) is 7.19. The van der Waals surface area contributed by atoms with Gasteiger partial charge in [-0.15, -0.1) is 0 Å². The molecule has 0 radical (unpaired) electrons. The summed E-state index contributed by atoms with van der Waals surface area (Å²) in [6.45, 7) is 6.35. The quantitative estimate of drug-likeness (QED) is 0.835. The van der Waals surface area contributed by atoms with E-state index in [4.69, 9.17) is 4.74 Å². The molecule has 1 amide bonds. The molecule has 1 heterocycles. The van der Waals surface area contributed by atoms with Gasteiger partial charge in [0, 0.05) is 16.6 Å². The zero-order valence-corrected chi connectivity index (χ0v) is 13.9. The number of nitrogens with zero attached hydrogens (tertiary/aromatic N) is 1. The third-order valence-electron chi connectivity index (χ3n) is 3.97. The summed E-state index contributed by atoms with van der Waals surface area (Å²) < 4.78 is 6.71. The van der Waals surface area contributed by atoms with Crippen LogP contribution in [0.1, 0.15) is 38.7 Å². The normalized spacial score (nSPS) is 22.7. The second kappa shape index (κ2) is 6.61. The number of rotatable bonds is 3. The molecule has 0 aromatic heterocycles. The lowest BCUT2D eigenvalue weighted by molar-refractivity contribution is -0.139. The SMILES string of the molecule is Cc1cc(Br)ccc1OCC(=O)N1[C@@H](C)CCC[C@@H]1C. The van der Waals surface area contributed by atoms with Gasteiger partial charge in [0.2, 0.25) is 0 Å². The van der Waals surface area contributed by atoms with Crippen molar-refractivity contribution < 1.29 is 9.53 Å². The molecule has 2 rings (SSSR count). The monoisotopic (exact) mass is 339 g/mol. The maximum atomic E-state index is 12.4. The van der Waals surface area contributed by atoms with Gasteiger partial charge >= 0.3 is 0 Å². The van der Waals surface area contributed by atoms with Crippen LogP contribution in [0.3, 0.4) is 0 Å². The van der Waals surface area contributed by atoms with Crippen LogP contribution >= 0.6 is 15.9 Å². The van der Waals surface area contributed by atoms with Crippen LogP contribution in [-0.2, 0) is 4.79 Å². The Kier molecular flexibility index (Phi) is 5.08. The second-order valence-electron chi connectivity index (χ2n) is 5.63.